The number of halogens is 1. The number of aliphatic imine (C=N–C) groups is 1. The van der Waals surface area contributed by atoms with Crippen molar-refractivity contribution in [1.82, 2.24) is 10.2 Å². The average Bonchev–Trinajstić information content (AvgIpc) is 2.75. The van der Waals surface area contributed by atoms with Crippen LogP contribution >= 0.6 is 35.7 Å². The highest BCUT2D eigenvalue weighted by Crippen LogP contribution is 2.29. The fraction of sp³-hybridized carbons (Fsp3) is 0.929. The van der Waals surface area contributed by atoms with E-state index in [-0.39, 0.29) is 30.1 Å². The van der Waals surface area contributed by atoms with Gasteiger partial charge in [-0.25, -0.2) is 0 Å². The molecule has 4 nitrogen and oxygen atoms in total. The van der Waals surface area contributed by atoms with E-state index in [1.54, 1.807) is 0 Å². The second-order valence-corrected chi connectivity index (χ2v) is 8.02. The maximum Gasteiger partial charge on any atom is 0.193 e. The van der Waals surface area contributed by atoms with Crippen LogP contribution in [-0.2, 0) is 0 Å². The lowest BCUT2D eigenvalue weighted by Gasteiger charge is -2.39. The van der Waals surface area contributed by atoms with Crippen LogP contribution in [0.2, 0.25) is 0 Å². The molecule has 6 heteroatoms. The summed E-state index contributed by atoms with van der Waals surface area (Å²) >= 11 is 2.03. The van der Waals surface area contributed by atoms with Crippen molar-refractivity contribution in [1.29, 1.82) is 0 Å². The van der Waals surface area contributed by atoms with Gasteiger partial charge in [0.15, 0.2) is 5.96 Å². The molecule has 0 aromatic heterocycles. The highest BCUT2D eigenvalue weighted by molar-refractivity contribution is 14.0. The van der Waals surface area contributed by atoms with E-state index in [0.29, 0.717) is 10.7 Å². The Balaban J connectivity index is 0.00000200. The number of rotatable bonds is 2. The van der Waals surface area contributed by atoms with E-state index in [4.69, 9.17) is 0 Å². The molecule has 1 aliphatic heterocycles. The number of nitrogens with zero attached hydrogens (tertiary/aromatic N) is 2. The van der Waals surface area contributed by atoms with Gasteiger partial charge in [0, 0.05) is 43.1 Å². The molecule has 1 saturated heterocycles. The van der Waals surface area contributed by atoms with E-state index in [1.807, 2.05) is 18.8 Å². The van der Waals surface area contributed by atoms with Crippen molar-refractivity contribution < 1.29 is 5.11 Å². The first-order valence-corrected chi connectivity index (χ1v) is 8.28. The van der Waals surface area contributed by atoms with Crippen molar-refractivity contribution in [3.8, 4) is 0 Å². The first-order valence-electron chi connectivity index (χ1n) is 7.29. The van der Waals surface area contributed by atoms with Crippen LogP contribution in [-0.4, -0.2) is 59.3 Å². The highest BCUT2D eigenvalue weighted by atomic mass is 127. The summed E-state index contributed by atoms with van der Waals surface area (Å²) in [7, 11) is 1.85. The molecule has 0 aromatic rings. The molecule has 20 heavy (non-hydrogen) atoms. The molecule has 1 heterocycles. The molecule has 2 aliphatic rings. The summed E-state index contributed by atoms with van der Waals surface area (Å²) in [5.74, 6) is 2.54. The van der Waals surface area contributed by atoms with Gasteiger partial charge in [-0.3, -0.25) is 4.99 Å². The number of hydrogen-bond acceptors (Lipinski definition) is 3. The molecule has 0 bridgehead atoms. The van der Waals surface area contributed by atoms with Gasteiger partial charge in [-0.05, 0) is 26.7 Å². The van der Waals surface area contributed by atoms with E-state index >= 15 is 0 Å². The summed E-state index contributed by atoms with van der Waals surface area (Å²) in [5, 5.41) is 13.3. The minimum Gasteiger partial charge on any atom is -0.393 e. The lowest BCUT2D eigenvalue weighted by atomic mass is 10.1. The van der Waals surface area contributed by atoms with Crippen LogP contribution in [0.3, 0.4) is 0 Å². The Morgan fingerprint density at radius 1 is 1.45 bits per heavy atom. The topological polar surface area (TPSA) is 47.9 Å². The van der Waals surface area contributed by atoms with Crippen LogP contribution in [0.25, 0.3) is 0 Å². The lowest BCUT2D eigenvalue weighted by Crippen LogP contribution is -2.51. The Labute approximate surface area is 144 Å². The number of thioether (sulfide) groups is 1. The van der Waals surface area contributed by atoms with Crippen LogP contribution in [0.1, 0.15) is 33.1 Å². The maximum absolute atomic E-state index is 9.87. The van der Waals surface area contributed by atoms with Gasteiger partial charge in [-0.2, -0.15) is 11.8 Å². The molecule has 0 spiro atoms. The van der Waals surface area contributed by atoms with Crippen LogP contribution in [0.4, 0.5) is 0 Å². The predicted octanol–water partition coefficient (Wildman–Crippen LogP) is 2.17. The third-order valence-corrected chi connectivity index (χ3v) is 5.38. The van der Waals surface area contributed by atoms with E-state index in [1.165, 1.54) is 0 Å². The van der Waals surface area contributed by atoms with Gasteiger partial charge in [0.25, 0.3) is 0 Å². The van der Waals surface area contributed by atoms with Gasteiger partial charge in [-0.1, -0.05) is 6.42 Å². The molecule has 1 aliphatic carbocycles. The lowest BCUT2D eigenvalue weighted by molar-refractivity contribution is 0.133. The van der Waals surface area contributed by atoms with Gasteiger partial charge in [0.1, 0.15) is 0 Å². The Kier molecular flexibility index (Phi) is 7.41. The van der Waals surface area contributed by atoms with E-state index in [9.17, 15) is 5.11 Å². The highest BCUT2D eigenvalue weighted by Gasteiger charge is 2.30. The summed E-state index contributed by atoms with van der Waals surface area (Å²) in [5.41, 5.74) is 0. The maximum atomic E-state index is 9.87. The molecule has 2 N–H and O–H groups in total. The van der Waals surface area contributed by atoms with Crippen LogP contribution in [0.5, 0.6) is 0 Å². The fourth-order valence-electron chi connectivity index (χ4n) is 3.01. The predicted molar refractivity (Wildman–Crippen MR) is 98.2 cm³/mol. The SMILES string of the molecule is CN=C(NCC1CCCC1O)N1CCSC(C)(C)C1.I. The first kappa shape index (κ1) is 18.4. The van der Waals surface area contributed by atoms with Crippen LogP contribution in [0.15, 0.2) is 4.99 Å². The van der Waals surface area contributed by atoms with Crippen molar-refractivity contribution >= 4 is 41.7 Å². The zero-order valence-electron chi connectivity index (χ0n) is 12.8. The van der Waals surface area contributed by atoms with E-state index in [2.05, 4.69) is 29.1 Å². The summed E-state index contributed by atoms with van der Waals surface area (Å²) < 4.78 is 0.294. The number of aliphatic hydroxyl groups is 1. The van der Waals surface area contributed by atoms with Crippen molar-refractivity contribution in [2.75, 3.05) is 32.4 Å². The van der Waals surface area contributed by atoms with Gasteiger partial charge < -0.3 is 15.3 Å². The minimum absolute atomic E-state index is 0. The van der Waals surface area contributed by atoms with Crippen molar-refractivity contribution in [3.05, 3.63) is 0 Å². The van der Waals surface area contributed by atoms with Crippen molar-refractivity contribution in [2.24, 2.45) is 10.9 Å². The zero-order valence-corrected chi connectivity index (χ0v) is 15.9. The van der Waals surface area contributed by atoms with E-state index < -0.39 is 0 Å². The molecule has 0 aromatic carbocycles. The second-order valence-electron chi connectivity index (χ2n) is 6.22. The number of guanidine groups is 1. The monoisotopic (exact) mass is 413 g/mol. The molecule has 2 rings (SSSR count). The molecule has 0 amide bonds. The number of aliphatic hydroxyl groups excluding tert-OH is 1. The minimum atomic E-state index is -0.126. The smallest absolute Gasteiger partial charge is 0.193 e. The quantitative estimate of drug-likeness (QED) is 0.414. The van der Waals surface area contributed by atoms with Crippen LogP contribution < -0.4 is 5.32 Å². The average molecular weight is 413 g/mol. The number of hydrogen-bond donors (Lipinski definition) is 2. The van der Waals surface area contributed by atoms with Crippen molar-refractivity contribution in [3.63, 3.8) is 0 Å². The zero-order chi connectivity index (χ0) is 13.9. The molecule has 2 unspecified atom stereocenters. The van der Waals surface area contributed by atoms with Gasteiger partial charge in [0.2, 0.25) is 0 Å². The third-order valence-electron chi connectivity index (χ3n) is 4.08. The van der Waals surface area contributed by atoms with Gasteiger partial charge in [-0.15, -0.1) is 24.0 Å². The molecular formula is C14H28IN3OS. The molecular weight excluding hydrogens is 385 g/mol. The van der Waals surface area contributed by atoms with E-state index in [0.717, 1.165) is 50.6 Å². The van der Waals surface area contributed by atoms with Crippen molar-refractivity contribution in [2.45, 2.75) is 44.0 Å². The fourth-order valence-corrected chi connectivity index (χ4v) is 4.12. The van der Waals surface area contributed by atoms with Gasteiger partial charge in [0.05, 0.1) is 6.10 Å². The molecule has 2 fully saturated rings. The summed E-state index contributed by atoms with van der Waals surface area (Å²) in [6, 6.07) is 0. The second kappa shape index (κ2) is 8.08. The van der Waals surface area contributed by atoms with Gasteiger partial charge >= 0.3 is 0 Å². The Morgan fingerprint density at radius 2 is 2.20 bits per heavy atom. The third kappa shape index (κ3) is 4.94. The Morgan fingerprint density at radius 3 is 2.75 bits per heavy atom. The molecule has 1 saturated carbocycles. The molecule has 0 radical (unpaired) electrons. The largest absolute Gasteiger partial charge is 0.393 e. The standard InChI is InChI=1S/C14H27N3OS.HI/c1-14(2)10-17(7-8-19-14)13(15-3)16-9-11-5-4-6-12(11)18;/h11-12,18H,4-10H2,1-3H3,(H,15,16);1H. The molecule has 118 valence electrons. The summed E-state index contributed by atoms with van der Waals surface area (Å²) in [6.07, 6.45) is 3.11. The Hall–Kier alpha value is 0.310. The summed E-state index contributed by atoms with van der Waals surface area (Å²) in [6.45, 7) is 7.51. The number of nitrogens with one attached hydrogen (secondary N) is 1. The summed E-state index contributed by atoms with van der Waals surface area (Å²) in [4.78, 5) is 6.75. The molecule has 2 atom stereocenters. The van der Waals surface area contributed by atoms with Crippen LogP contribution in [0, 0.1) is 5.92 Å². The first-order chi connectivity index (χ1) is 9.02. The Bertz CT molecular complexity index is 338. The normalized spacial score (nSPS) is 30.0.